The molecule has 0 spiro atoms. The van der Waals surface area contributed by atoms with Gasteiger partial charge in [0.2, 0.25) is 0 Å². The Hall–Kier alpha value is 0.210. The van der Waals surface area contributed by atoms with Crippen LogP contribution in [0.5, 0.6) is 0 Å². The van der Waals surface area contributed by atoms with Gasteiger partial charge in [-0.1, -0.05) is 13.8 Å². The SMILES string of the molecule is CCC1(C)CC1(OC)N(Cl)C(C)(C)C. The van der Waals surface area contributed by atoms with E-state index in [9.17, 15) is 0 Å². The van der Waals surface area contributed by atoms with Crippen LogP contribution in [0.25, 0.3) is 0 Å². The molecular formula is C11H22ClNO. The standard InChI is InChI=1S/C11H22ClNO/c1-7-10(5)8-11(10,14-6)13(12)9(2,3)4/h7-8H2,1-6H3. The number of hydrogen-bond acceptors (Lipinski definition) is 2. The Morgan fingerprint density at radius 1 is 1.43 bits per heavy atom. The molecule has 1 aliphatic rings. The minimum atomic E-state index is -0.262. The first-order chi connectivity index (χ1) is 6.23. The van der Waals surface area contributed by atoms with Crippen LogP contribution in [-0.2, 0) is 4.74 Å². The van der Waals surface area contributed by atoms with Crippen molar-refractivity contribution < 1.29 is 4.74 Å². The molecule has 84 valence electrons. The summed E-state index contributed by atoms with van der Waals surface area (Å²) in [4.78, 5) is 0. The highest BCUT2D eigenvalue weighted by molar-refractivity contribution is 6.14. The van der Waals surface area contributed by atoms with E-state index < -0.39 is 0 Å². The maximum atomic E-state index is 6.38. The molecule has 0 aromatic heterocycles. The third-order valence-corrected chi connectivity index (χ3v) is 4.25. The van der Waals surface area contributed by atoms with Crippen LogP contribution in [0.2, 0.25) is 0 Å². The van der Waals surface area contributed by atoms with Crippen molar-refractivity contribution in [3.05, 3.63) is 0 Å². The van der Waals surface area contributed by atoms with Gasteiger partial charge in [0.1, 0.15) is 5.72 Å². The Balaban J connectivity index is 2.86. The molecule has 2 unspecified atom stereocenters. The number of nitrogens with zero attached hydrogens (tertiary/aromatic N) is 1. The van der Waals surface area contributed by atoms with Gasteiger partial charge in [0.15, 0.2) is 0 Å². The quantitative estimate of drug-likeness (QED) is 0.533. The third kappa shape index (κ3) is 1.58. The van der Waals surface area contributed by atoms with Gasteiger partial charge in [-0.3, -0.25) is 0 Å². The summed E-state index contributed by atoms with van der Waals surface area (Å²) in [5.74, 6) is 0. The van der Waals surface area contributed by atoms with Crippen molar-refractivity contribution in [2.75, 3.05) is 7.11 Å². The first kappa shape index (κ1) is 12.3. The topological polar surface area (TPSA) is 12.5 Å². The largest absolute Gasteiger partial charge is 0.362 e. The van der Waals surface area contributed by atoms with E-state index in [0.29, 0.717) is 0 Å². The summed E-state index contributed by atoms with van der Waals surface area (Å²) in [7, 11) is 1.75. The van der Waals surface area contributed by atoms with Crippen molar-refractivity contribution in [1.29, 1.82) is 0 Å². The zero-order chi connectivity index (χ0) is 11.2. The van der Waals surface area contributed by atoms with E-state index in [2.05, 4.69) is 34.6 Å². The van der Waals surface area contributed by atoms with Crippen LogP contribution >= 0.6 is 11.8 Å². The number of ether oxygens (including phenoxy) is 1. The fraction of sp³-hybridized carbons (Fsp3) is 1.00. The van der Waals surface area contributed by atoms with Gasteiger partial charge in [-0.05, 0) is 39.0 Å². The van der Waals surface area contributed by atoms with Crippen molar-refractivity contribution >= 4 is 11.8 Å². The minimum absolute atomic E-state index is 0.0650. The molecule has 1 rings (SSSR count). The van der Waals surface area contributed by atoms with Gasteiger partial charge in [0.05, 0.1) is 0 Å². The second kappa shape index (κ2) is 3.36. The number of methoxy groups -OCH3 is 1. The van der Waals surface area contributed by atoms with E-state index in [-0.39, 0.29) is 16.7 Å². The van der Waals surface area contributed by atoms with E-state index in [1.807, 2.05) is 4.42 Å². The smallest absolute Gasteiger partial charge is 0.141 e. The lowest BCUT2D eigenvalue weighted by Crippen LogP contribution is -2.47. The van der Waals surface area contributed by atoms with E-state index in [1.54, 1.807) is 7.11 Å². The van der Waals surface area contributed by atoms with E-state index >= 15 is 0 Å². The van der Waals surface area contributed by atoms with Crippen LogP contribution in [0.3, 0.4) is 0 Å². The summed E-state index contributed by atoms with van der Waals surface area (Å²) in [6.45, 7) is 10.7. The normalized spacial score (nSPS) is 37.7. The predicted octanol–water partition coefficient (Wildman–Crippen LogP) is 3.40. The summed E-state index contributed by atoms with van der Waals surface area (Å²) in [6.07, 6.45) is 2.12. The van der Waals surface area contributed by atoms with Gasteiger partial charge in [0, 0.05) is 24.5 Å². The first-order valence-corrected chi connectivity index (χ1v) is 5.58. The molecule has 0 bridgehead atoms. The van der Waals surface area contributed by atoms with E-state index in [4.69, 9.17) is 16.5 Å². The number of hydrogen-bond donors (Lipinski definition) is 0. The molecule has 1 saturated carbocycles. The Bertz CT molecular complexity index is 226. The van der Waals surface area contributed by atoms with Crippen molar-refractivity contribution in [1.82, 2.24) is 4.42 Å². The molecule has 1 aliphatic carbocycles. The van der Waals surface area contributed by atoms with E-state index in [1.165, 1.54) is 0 Å². The highest BCUT2D eigenvalue weighted by Gasteiger charge is 2.69. The molecule has 1 fully saturated rings. The molecule has 2 atom stereocenters. The molecule has 0 aliphatic heterocycles. The van der Waals surface area contributed by atoms with Gasteiger partial charge in [-0.2, -0.15) is 4.42 Å². The zero-order valence-electron chi connectivity index (χ0n) is 10.1. The van der Waals surface area contributed by atoms with Crippen LogP contribution in [0.4, 0.5) is 0 Å². The maximum absolute atomic E-state index is 6.38. The van der Waals surface area contributed by atoms with Crippen molar-refractivity contribution in [2.24, 2.45) is 5.41 Å². The molecule has 0 aromatic carbocycles. The Kier molecular flexibility index (Phi) is 2.95. The van der Waals surface area contributed by atoms with Crippen LogP contribution in [0.15, 0.2) is 0 Å². The molecule has 0 aromatic rings. The lowest BCUT2D eigenvalue weighted by Gasteiger charge is -2.38. The van der Waals surface area contributed by atoms with Crippen LogP contribution in [0.1, 0.15) is 47.5 Å². The number of rotatable bonds is 3. The molecule has 0 heterocycles. The zero-order valence-corrected chi connectivity index (χ0v) is 10.9. The van der Waals surface area contributed by atoms with E-state index in [0.717, 1.165) is 12.8 Å². The van der Waals surface area contributed by atoms with Gasteiger partial charge in [-0.15, -0.1) is 0 Å². The van der Waals surface area contributed by atoms with Crippen LogP contribution in [-0.4, -0.2) is 22.8 Å². The van der Waals surface area contributed by atoms with Gasteiger partial charge in [-0.25, -0.2) is 0 Å². The second-order valence-electron chi connectivity index (χ2n) is 5.53. The fourth-order valence-electron chi connectivity index (χ4n) is 2.13. The summed E-state index contributed by atoms with van der Waals surface area (Å²) in [5.41, 5.74) is -0.122. The Morgan fingerprint density at radius 3 is 2.14 bits per heavy atom. The van der Waals surface area contributed by atoms with Crippen LogP contribution in [0, 0.1) is 5.41 Å². The van der Waals surface area contributed by atoms with Gasteiger partial charge in [0.25, 0.3) is 0 Å². The van der Waals surface area contributed by atoms with Crippen LogP contribution < -0.4 is 0 Å². The summed E-state index contributed by atoms with van der Waals surface area (Å²) in [5, 5.41) is 0. The van der Waals surface area contributed by atoms with Gasteiger partial charge >= 0.3 is 0 Å². The molecular weight excluding hydrogens is 198 g/mol. The fourth-order valence-corrected chi connectivity index (χ4v) is 2.47. The number of halogens is 1. The highest BCUT2D eigenvalue weighted by Crippen LogP contribution is 2.64. The summed E-state index contributed by atoms with van der Waals surface area (Å²) in [6, 6.07) is 0. The molecule has 0 amide bonds. The average Bonchev–Trinajstić information content (AvgIpc) is 2.71. The average molecular weight is 220 g/mol. The minimum Gasteiger partial charge on any atom is -0.362 e. The first-order valence-electron chi connectivity index (χ1n) is 5.25. The monoisotopic (exact) mass is 219 g/mol. The molecule has 0 N–H and O–H groups in total. The molecule has 14 heavy (non-hydrogen) atoms. The summed E-state index contributed by atoms with van der Waals surface area (Å²) >= 11 is 6.38. The lowest BCUT2D eigenvalue weighted by molar-refractivity contribution is -0.0727. The molecule has 0 radical (unpaired) electrons. The lowest BCUT2D eigenvalue weighted by atomic mass is 10.0. The van der Waals surface area contributed by atoms with Crippen molar-refractivity contribution in [2.45, 2.75) is 58.7 Å². The molecule has 0 saturated heterocycles. The third-order valence-electron chi connectivity index (χ3n) is 3.47. The molecule has 2 nitrogen and oxygen atoms in total. The van der Waals surface area contributed by atoms with Crippen molar-refractivity contribution in [3.63, 3.8) is 0 Å². The summed E-state index contributed by atoms with van der Waals surface area (Å²) < 4.78 is 7.49. The predicted molar refractivity (Wildman–Crippen MR) is 60.2 cm³/mol. The highest BCUT2D eigenvalue weighted by atomic mass is 35.5. The Labute approximate surface area is 92.7 Å². The maximum Gasteiger partial charge on any atom is 0.141 e. The molecule has 3 heteroatoms. The Morgan fingerprint density at radius 2 is 1.93 bits per heavy atom. The van der Waals surface area contributed by atoms with Crippen molar-refractivity contribution in [3.8, 4) is 0 Å². The van der Waals surface area contributed by atoms with Gasteiger partial charge < -0.3 is 4.74 Å². The second-order valence-corrected chi connectivity index (χ2v) is 5.87.